The number of ether oxygens (including phenoxy) is 1. The minimum atomic E-state index is -0.452. The second-order valence-corrected chi connectivity index (χ2v) is 9.87. The third kappa shape index (κ3) is 3.35. The van der Waals surface area contributed by atoms with Crippen molar-refractivity contribution in [2.75, 3.05) is 24.7 Å². The van der Waals surface area contributed by atoms with Crippen LogP contribution in [0.2, 0.25) is 0 Å². The van der Waals surface area contributed by atoms with Gasteiger partial charge in [0.25, 0.3) is 5.91 Å². The first-order valence-corrected chi connectivity index (χ1v) is 11.4. The van der Waals surface area contributed by atoms with Crippen LogP contribution in [0.4, 0.5) is 5.69 Å². The van der Waals surface area contributed by atoms with E-state index in [2.05, 4.69) is 4.98 Å². The highest BCUT2D eigenvalue weighted by molar-refractivity contribution is 8.02. The van der Waals surface area contributed by atoms with Crippen LogP contribution in [-0.2, 0) is 9.53 Å². The Morgan fingerprint density at radius 3 is 2.86 bits per heavy atom. The number of aromatic amines is 1. The van der Waals surface area contributed by atoms with Crippen LogP contribution < -0.4 is 10.6 Å². The van der Waals surface area contributed by atoms with Crippen molar-refractivity contribution in [3.8, 4) is 0 Å². The highest BCUT2D eigenvalue weighted by Crippen LogP contribution is 2.51. The van der Waals surface area contributed by atoms with E-state index >= 15 is 0 Å². The number of nitrogens with two attached hydrogens (primary N) is 1. The zero-order valence-electron chi connectivity index (χ0n) is 15.7. The molecule has 8 heteroatoms. The number of thiophene rings is 1. The number of nitrogens with one attached hydrogen (secondary N) is 1. The lowest BCUT2D eigenvalue weighted by atomic mass is 9.99. The summed E-state index contributed by atoms with van der Waals surface area (Å²) in [4.78, 5) is 31.1. The average Bonchev–Trinajstić information content (AvgIpc) is 3.35. The molecule has 4 heterocycles. The van der Waals surface area contributed by atoms with Gasteiger partial charge in [-0.05, 0) is 30.9 Å². The maximum absolute atomic E-state index is 13.6. The minimum Gasteiger partial charge on any atom is -0.381 e. The van der Waals surface area contributed by atoms with E-state index in [4.69, 9.17) is 10.5 Å². The van der Waals surface area contributed by atoms with Crippen LogP contribution >= 0.6 is 23.1 Å². The van der Waals surface area contributed by atoms with Crippen molar-refractivity contribution >= 4 is 51.5 Å². The first-order chi connectivity index (χ1) is 14.1. The van der Waals surface area contributed by atoms with Crippen molar-refractivity contribution in [1.82, 2.24) is 4.98 Å². The molecule has 2 amide bonds. The Bertz CT molecular complexity index is 1080. The average molecular weight is 428 g/mol. The molecule has 0 radical (unpaired) electrons. The van der Waals surface area contributed by atoms with Crippen molar-refractivity contribution in [3.05, 3.63) is 47.0 Å². The fourth-order valence-corrected chi connectivity index (χ4v) is 6.61. The fraction of sp³-hybridized carbons (Fsp3) is 0.333. The molecule has 5 rings (SSSR count). The molecule has 0 bridgehead atoms. The van der Waals surface area contributed by atoms with Crippen molar-refractivity contribution in [2.24, 2.45) is 11.7 Å². The summed E-state index contributed by atoms with van der Waals surface area (Å²) in [6.45, 7) is 2.11. The minimum absolute atomic E-state index is 0.0626. The number of aromatic nitrogens is 1. The number of thioether (sulfide) groups is 1. The van der Waals surface area contributed by atoms with E-state index < -0.39 is 5.91 Å². The quantitative estimate of drug-likeness (QED) is 0.660. The number of anilines is 1. The molecular formula is C21H21N3O3S2. The highest BCUT2D eigenvalue weighted by atomic mass is 32.2. The van der Waals surface area contributed by atoms with E-state index in [1.54, 1.807) is 6.07 Å². The highest BCUT2D eigenvalue weighted by Gasteiger charge is 2.38. The first kappa shape index (κ1) is 18.7. The Morgan fingerprint density at radius 1 is 1.28 bits per heavy atom. The number of nitrogens with zero attached hydrogens (tertiary/aromatic N) is 1. The van der Waals surface area contributed by atoms with Crippen LogP contribution in [0, 0.1) is 5.92 Å². The summed E-state index contributed by atoms with van der Waals surface area (Å²) >= 11 is 2.89. The standard InChI is InChI=1S/C21H21N3O3S2/c22-19(25)17-9-16-21(28-17)29-18(14-10-23-15-4-2-1-3-13(14)15)20(26)24(16)11-12-5-7-27-8-6-12/h1-4,9-10,12,18,23H,5-8,11H2,(H2,22,25). The summed E-state index contributed by atoms with van der Waals surface area (Å²) in [7, 11) is 0. The van der Waals surface area contributed by atoms with Gasteiger partial charge in [-0.15, -0.1) is 11.3 Å². The summed E-state index contributed by atoms with van der Waals surface area (Å²) in [5, 5.41) is 0.706. The van der Waals surface area contributed by atoms with Gasteiger partial charge >= 0.3 is 0 Å². The van der Waals surface area contributed by atoms with Crippen molar-refractivity contribution < 1.29 is 14.3 Å². The van der Waals surface area contributed by atoms with Crippen LogP contribution in [0.5, 0.6) is 0 Å². The van der Waals surface area contributed by atoms with Gasteiger partial charge in [0, 0.05) is 42.4 Å². The van der Waals surface area contributed by atoms with E-state index in [0.717, 1.165) is 52.4 Å². The van der Waals surface area contributed by atoms with E-state index in [1.165, 1.54) is 23.1 Å². The molecule has 1 atom stereocenters. The van der Waals surface area contributed by atoms with Crippen LogP contribution in [0.25, 0.3) is 10.9 Å². The number of rotatable bonds is 4. The fourth-order valence-electron chi connectivity index (χ4n) is 4.06. The number of para-hydroxylation sites is 1. The molecule has 1 unspecified atom stereocenters. The van der Waals surface area contributed by atoms with Gasteiger partial charge in [0.15, 0.2) is 0 Å². The smallest absolute Gasteiger partial charge is 0.258 e. The summed E-state index contributed by atoms with van der Waals surface area (Å²) < 4.78 is 6.45. The second-order valence-electron chi connectivity index (χ2n) is 7.44. The molecule has 3 aromatic rings. The Kier molecular flexibility index (Phi) is 4.85. The van der Waals surface area contributed by atoms with Crippen molar-refractivity contribution in [2.45, 2.75) is 22.3 Å². The first-order valence-electron chi connectivity index (χ1n) is 9.67. The van der Waals surface area contributed by atoms with E-state index in [0.29, 0.717) is 17.3 Å². The topological polar surface area (TPSA) is 88.4 Å². The summed E-state index contributed by atoms with van der Waals surface area (Å²) in [6.07, 6.45) is 3.81. The number of primary amides is 1. The van der Waals surface area contributed by atoms with Gasteiger partial charge < -0.3 is 20.4 Å². The monoisotopic (exact) mass is 427 g/mol. The maximum atomic E-state index is 13.6. The SMILES string of the molecule is NC(=O)c1cc2c(s1)SC(c1c[nH]c3ccccc13)C(=O)N2CC1CCOCC1. The number of carbonyl (C=O) groups is 2. The number of hydrogen-bond acceptors (Lipinski definition) is 5. The molecule has 6 nitrogen and oxygen atoms in total. The molecule has 1 aromatic carbocycles. The normalized spacial score (nSPS) is 20.2. The van der Waals surface area contributed by atoms with Gasteiger partial charge in [-0.25, -0.2) is 0 Å². The Labute approximate surface area is 176 Å². The Balaban J connectivity index is 1.55. The predicted octanol–water partition coefficient (Wildman–Crippen LogP) is 3.93. The zero-order chi connectivity index (χ0) is 20.0. The molecule has 0 saturated carbocycles. The lowest BCUT2D eigenvalue weighted by Crippen LogP contribution is -2.41. The number of fused-ring (bicyclic) bond motifs is 2. The van der Waals surface area contributed by atoms with Crippen molar-refractivity contribution in [3.63, 3.8) is 0 Å². The van der Waals surface area contributed by atoms with Crippen LogP contribution in [-0.4, -0.2) is 36.6 Å². The van der Waals surface area contributed by atoms with Crippen LogP contribution in [0.15, 0.2) is 40.7 Å². The summed E-state index contributed by atoms with van der Waals surface area (Å²) in [6, 6.07) is 9.79. The summed E-state index contributed by atoms with van der Waals surface area (Å²) in [5.74, 6) is 0.00359. The lowest BCUT2D eigenvalue weighted by Gasteiger charge is -2.35. The predicted molar refractivity (Wildman–Crippen MR) is 116 cm³/mol. The van der Waals surface area contributed by atoms with E-state index in [1.807, 2.05) is 35.4 Å². The van der Waals surface area contributed by atoms with Gasteiger partial charge in [0.2, 0.25) is 5.91 Å². The van der Waals surface area contributed by atoms with Gasteiger partial charge in [-0.1, -0.05) is 30.0 Å². The zero-order valence-corrected chi connectivity index (χ0v) is 17.4. The molecular weight excluding hydrogens is 406 g/mol. The van der Waals surface area contributed by atoms with Crippen LogP contribution in [0.3, 0.4) is 0 Å². The van der Waals surface area contributed by atoms with Gasteiger partial charge in [-0.3, -0.25) is 9.59 Å². The Hall–Kier alpha value is -2.29. The largest absolute Gasteiger partial charge is 0.381 e. The Morgan fingerprint density at radius 2 is 2.07 bits per heavy atom. The van der Waals surface area contributed by atoms with E-state index in [9.17, 15) is 9.59 Å². The third-order valence-corrected chi connectivity index (χ3v) is 8.20. The number of carbonyl (C=O) groups excluding carboxylic acids is 2. The molecule has 1 saturated heterocycles. The molecule has 0 spiro atoms. The number of amides is 2. The third-order valence-electron chi connectivity index (χ3n) is 5.61. The molecule has 2 aromatic heterocycles. The molecule has 2 aliphatic heterocycles. The van der Waals surface area contributed by atoms with Crippen LogP contribution in [0.1, 0.15) is 33.3 Å². The second kappa shape index (κ2) is 7.51. The number of benzene rings is 1. The maximum Gasteiger partial charge on any atom is 0.258 e. The lowest BCUT2D eigenvalue weighted by molar-refractivity contribution is -0.118. The van der Waals surface area contributed by atoms with Gasteiger partial charge in [0.1, 0.15) is 5.25 Å². The molecule has 0 aliphatic carbocycles. The molecule has 3 N–H and O–H groups in total. The molecule has 1 fully saturated rings. The van der Waals surface area contributed by atoms with Gasteiger partial charge in [0.05, 0.1) is 14.8 Å². The molecule has 2 aliphatic rings. The van der Waals surface area contributed by atoms with Gasteiger partial charge in [-0.2, -0.15) is 0 Å². The number of hydrogen-bond donors (Lipinski definition) is 2. The molecule has 150 valence electrons. The number of H-pyrrole nitrogens is 1. The summed E-state index contributed by atoms with van der Waals surface area (Å²) in [5.41, 5.74) is 8.35. The van der Waals surface area contributed by atoms with E-state index in [-0.39, 0.29) is 11.2 Å². The van der Waals surface area contributed by atoms with Crippen molar-refractivity contribution in [1.29, 1.82) is 0 Å². The molecule has 29 heavy (non-hydrogen) atoms.